The average molecular weight is 665 g/mol. The maximum atomic E-state index is 6.59. The molecule has 3 heterocycles. The molecule has 3 nitrogen and oxygen atoms in total. The van der Waals surface area contributed by atoms with E-state index in [9.17, 15) is 0 Å². The molecule has 3 heteroatoms. The van der Waals surface area contributed by atoms with Crippen molar-refractivity contribution in [3.05, 3.63) is 169 Å². The zero-order valence-corrected chi connectivity index (χ0v) is 27.9. The van der Waals surface area contributed by atoms with Crippen molar-refractivity contribution < 1.29 is 13.3 Å². The summed E-state index contributed by atoms with van der Waals surface area (Å²) >= 11 is 0. The normalized spacial score (nSPS) is 12.5. The van der Waals surface area contributed by atoms with E-state index in [4.69, 9.17) is 13.3 Å². The predicted molar refractivity (Wildman–Crippen MR) is 213 cm³/mol. The molecule has 52 heavy (non-hydrogen) atoms. The molecule has 0 saturated heterocycles. The number of rotatable bonds is 3. The zero-order valence-electron chi connectivity index (χ0n) is 27.9. The summed E-state index contributed by atoms with van der Waals surface area (Å²) in [4.78, 5) is 0. The van der Waals surface area contributed by atoms with Crippen LogP contribution in [0.25, 0.3) is 110 Å². The SMILES string of the molecule is c1ccc(-c2ccc3c(c2)-c2ccc4oc5ccc(-c6ccc7oc8ccc9c%10cc(-c%11ccccc%11)ccc%10oc9c8c7c6)cc5c4c2C3)cc1. The molecule has 0 atom stereocenters. The van der Waals surface area contributed by atoms with Crippen LogP contribution in [-0.4, -0.2) is 0 Å². The van der Waals surface area contributed by atoms with Crippen LogP contribution in [0, 0.1) is 0 Å². The second-order valence-electron chi connectivity index (χ2n) is 14.0. The van der Waals surface area contributed by atoms with E-state index in [2.05, 4.69) is 152 Å². The predicted octanol–water partition coefficient (Wildman–Crippen LogP) is 14.0. The Balaban J connectivity index is 1.00. The second kappa shape index (κ2) is 10.3. The standard InChI is InChI=1S/C49H28O3/c1-3-7-28(8-4-1)30-11-12-34-27-39-35(37(34)23-30)16-21-45-47(39)40-25-32(14-19-43(40)50-45)33-15-20-44-41(26-33)48-46(51-44)22-17-36-38-24-31(29-9-5-2-6-10-29)13-18-42(38)52-49(36)48/h1-26H,27H2. The Bertz CT molecular complexity index is 3250. The van der Waals surface area contributed by atoms with Crippen molar-refractivity contribution in [1.82, 2.24) is 0 Å². The maximum absolute atomic E-state index is 6.59. The molecule has 242 valence electrons. The first-order valence-electron chi connectivity index (χ1n) is 17.8. The van der Waals surface area contributed by atoms with E-state index < -0.39 is 0 Å². The summed E-state index contributed by atoms with van der Waals surface area (Å²) < 4.78 is 19.5. The Kier molecular flexibility index (Phi) is 5.56. The molecule has 0 spiro atoms. The molecule has 0 unspecified atom stereocenters. The van der Waals surface area contributed by atoms with E-state index in [1.807, 2.05) is 6.07 Å². The lowest BCUT2D eigenvalue weighted by Crippen LogP contribution is -1.83. The Morgan fingerprint density at radius 1 is 0.327 bits per heavy atom. The molecule has 0 radical (unpaired) electrons. The summed E-state index contributed by atoms with van der Waals surface area (Å²) in [7, 11) is 0. The van der Waals surface area contributed by atoms with Gasteiger partial charge < -0.3 is 13.3 Å². The lowest BCUT2D eigenvalue weighted by atomic mass is 9.97. The van der Waals surface area contributed by atoms with Crippen LogP contribution in [0.2, 0.25) is 0 Å². The molecule has 12 rings (SSSR count). The van der Waals surface area contributed by atoms with Gasteiger partial charge in [-0.15, -0.1) is 0 Å². The summed E-state index contributed by atoms with van der Waals surface area (Å²) in [5.74, 6) is 0. The van der Waals surface area contributed by atoms with Crippen molar-refractivity contribution in [2.75, 3.05) is 0 Å². The molecule has 8 aromatic carbocycles. The van der Waals surface area contributed by atoms with Crippen LogP contribution in [0.5, 0.6) is 0 Å². The molecule has 0 fully saturated rings. The highest BCUT2D eigenvalue weighted by atomic mass is 16.3. The molecule has 1 aliphatic rings. The minimum Gasteiger partial charge on any atom is -0.456 e. The van der Waals surface area contributed by atoms with Crippen LogP contribution in [0.1, 0.15) is 11.1 Å². The van der Waals surface area contributed by atoms with Crippen molar-refractivity contribution in [3.8, 4) is 44.5 Å². The first kappa shape index (κ1) is 27.9. The van der Waals surface area contributed by atoms with Crippen LogP contribution in [-0.2, 0) is 6.42 Å². The molecule has 0 N–H and O–H groups in total. The fraction of sp³-hybridized carbons (Fsp3) is 0.0204. The third-order valence-corrected chi connectivity index (χ3v) is 11.1. The Morgan fingerprint density at radius 2 is 0.846 bits per heavy atom. The highest BCUT2D eigenvalue weighted by Gasteiger charge is 2.24. The minimum absolute atomic E-state index is 0.823. The van der Waals surface area contributed by atoms with E-state index in [-0.39, 0.29) is 0 Å². The van der Waals surface area contributed by atoms with Gasteiger partial charge >= 0.3 is 0 Å². The second-order valence-corrected chi connectivity index (χ2v) is 14.0. The zero-order chi connectivity index (χ0) is 33.9. The fourth-order valence-corrected chi connectivity index (χ4v) is 8.62. The van der Waals surface area contributed by atoms with Gasteiger partial charge in [0.1, 0.15) is 33.5 Å². The maximum Gasteiger partial charge on any atom is 0.147 e. The van der Waals surface area contributed by atoms with Crippen LogP contribution in [0.3, 0.4) is 0 Å². The summed E-state index contributed by atoms with van der Waals surface area (Å²) in [6, 6.07) is 56.1. The largest absolute Gasteiger partial charge is 0.456 e. The molecule has 0 bridgehead atoms. The van der Waals surface area contributed by atoms with Gasteiger partial charge in [-0.1, -0.05) is 97.1 Å². The molecule has 1 aliphatic carbocycles. The van der Waals surface area contributed by atoms with Gasteiger partial charge in [-0.25, -0.2) is 0 Å². The quantitative estimate of drug-likeness (QED) is 0.189. The van der Waals surface area contributed by atoms with Crippen molar-refractivity contribution in [1.29, 1.82) is 0 Å². The van der Waals surface area contributed by atoms with Crippen molar-refractivity contribution in [3.63, 3.8) is 0 Å². The summed E-state index contributed by atoms with van der Waals surface area (Å²) in [6.07, 6.45) is 0.892. The van der Waals surface area contributed by atoms with Gasteiger partial charge in [0.15, 0.2) is 0 Å². The van der Waals surface area contributed by atoms with E-state index >= 15 is 0 Å². The number of fused-ring (bicyclic) bond motifs is 14. The van der Waals surface area contributed by atoms with Gasteiger partial charge in [-0.05, 0) is 123 Å². The average Bonchev–Trinajstić information content (AvgIpc) is 3.97. The van der Waals surface area contributed by atoms with Crippen molar-refractivity contribution in [2.45, 2.75) is 6.42 Å². The first-order chi connectivity index (χ1) is 25.7. The highest BCUT2D eigenvalue weighted by Crippen LogP contribution is 2.46. The number of hydrogen-bond acceptors (Lipinski definition) is 3. The van der Waals surface area contributed by atoms with Gasteiger partial charge in [-0.2, -0.15) is 0 Å². The summed E-state index contributed by atoms with van der Waals surface area (Å²) in [6.45, 7) is 0. The third kappa shape index (κ3) is 3.96. The van der Waals surface area contributed by atoms with E-state index in [0.717, 1.165) is 78.0 Å². The minimum atomic E-state index is 0.823. The lowest BCUT2D eigenvalue weighted by Gasteiger charge is -2.06. The molecular formula is C49H28O3. The Morgan fingerprint density at radius 3 is 1.54 bits per heavy atom. The Hall–Kier alpha value is -6.84. The summed E-state index contributed by atoms with van der Waals surface area (Å²) in [5, 5.41) is 6.60. The lowest BCUT2D eigenvalue weighted by molar-refractivity contribution is 0.662. The fourth-order valence-electron chi connectivity index (χ4n) is 8.62. The number of benzene rings is 8. The van der Waals surface area contributed by atoms with Crippen LogP contribution < -0.4 is 0 Å². The van der Waals surface area contributed by atoms with Crippen LogP contribution in [0.15, 0.2) is 171 Å². The molecule has 3 aromatic heterocycles. The number of hydrogen-bond donors (Lipinski definition) is 0. The van der Waals surface area contributed by atoms with E-state index in [1.54, 1.807) is 0 Å². The van der Waals surface area contributed by atoms with Gasteiger partial charge in [0.2, 0.25) is 0 Å². The molecule has 11 aromatic rings. The molecule has 0 aliphatic heterocycles. The number of furan rings is 3. The topological polar surface area (TPSA) is 39.4 Å². The van der Waals surface area contributed by atoms with Crippen LogP contribution >= 0.6 is 0 Å². The monoisotopic (exact) mass is 664 g/mol. The smallest absolute Gasteiger partial charge is 0.147 e. The summed E-state index contributed by atoms with van der Waals surface area (Å²) in [5.41, 5.74) is 17.6. The van der Waals surface area contributed by atoms with Crippen molar-refractivity contribution in [2.24, 2.45) is 0 Å². The van der Waals surface area contributed by atoms with E-state index in [0.29, 0.717) is 0 Å². The van der Waals surface area contributed by atoms with E-state index in [1.165, 1.54) is 49.9 Å². The first-order valence-corrected chi connectivity index (χ1v) is 17.8. The van der Waals surface area contributed by atoms with Gasteiger partial charge in [0, 0.05) is 26.9 Å². The molecular weight excluding hydrogens is 637 g/mol. The Labute approximate surface area is 297 Å². The van der Waals surface area contributed by atoms with Crippen molar-refractivity contribution >= 4 is 65.8 Å². The van der Waals surface area contributed by atoms with Gasteiger partial charge in [-0.3, -0.25) is 0 Å². The third-order valence-electron chi connectivity index (χ3n) is 11.1. The molecule has 0 saturated carbocycles. The van der Waals surface area contributed by atoms with Gasteiger partial charge in [0.25, 0.3) is 0 Å². The highest BCUT2D eigenvalue weighted by molar-refractivity contribution is 6.22. The molecule has 0 amide bonds. The van der Waals surface area contributed by atoms with Gasteiger partial charge in [0.05, 0.1) is 5.39 Å². The van der Waals surface area contributed by atoms with Crippen LogP contribution in [0.4, 0.5) is 0 Å².